The Balaban J connectivity index is 2.37. The molecular formula is C13H7BrClIO. The molecule has 0 unspecified atom stereocenters. The lowest BCUT2D eigenvalue weighted by atomic mass is 10.0. The van der Waals surface area contributed by atoms with Gasteiger partial charge in [-0.25, -0.2) is 0 Å². The van der Waals surface area contributed by atoms with Crippen molar-refractivity contribution in [2.45, 2.75) is 0 Å². The fourth-order valence-corrected chi connectivity index (χ4v) is 2.19. The van der Waals surface area contributed by atoms with Crippen molar-refractivity contribution in [3.63, 3.8) is 0 Å². The monoisotopic (exact) mass is 420 g/mol. The van der Waals surface area contributed by atoms with E-state index in [1.54, 1.807) is 18.2 Å². The molecule has 0 aliphatic carbocycles. The van der Waals surface area contributed by atoms with Gasteiger partial charge in [0.1, 0.15) is 0 Å². The minimum atomic E-state index is -0.0178. The highest BCUT2D eigenvalue weighted by Gasteiger charge is 2.10. The zero-order valence-corrected chi connectivity index (χ0v) is 13.1. The van der Waals surface area contributed by atoms with E-state index in [0.717, 1.165) is 8.04 Å². The molecule has 86 valence electrons. The number of rotatable bonds is 2. The molecule has 4 heteroatoms. The highest BCUT2D eigenvalue weighted by Crippen LogP contribution is 2.24. The quantitative estimate of drug-likeness (QED) is 0.496. The maximum absolute atomic E-state index is 12.1. The molecular weight excluding hydrogens is 414 g/mol. The molecule has 0 saturated carbocycles. The number of carbonyl (C=O) groups excluding carboxylic acids is 1. The van der Waals surface area contributed by atoms with Crippen molar-refractivity contribution in [3.05, 3.63) is 66.7 Å². The van der Waals surface area contributed by atoms with E-state index in [2.05, 4.69) is 38.5 Å². The molecule has 0 aromatic heterocycles. The summed E-state index contributed by atoms with van der Waals surface area (Å²) in [6.45, 7) is 0. The molecule has 1 nitrogen and oxygen atoms in total. The zero-order valence-electron chi connectivity index (χ0n) is 8.58. The Hall–Kier alpha value is -0.390. The highest BCUT2D eigenvalue weighted by atomic mass is 127. The maximum atomic E-state index is 12.1. The number of benzene rings is 2. The van der Waals surface area contributed by atoms with Gasteiger partial charge in [-0.1, -0.05) is 11.6 Å². The van der Waals surface area contributed by atoms with Crippen molar-refractivity contribution in [2.75, 3.05) is 0 Å². The summed E-state index contributed by atoms with van der Waals surface area (Å²) in [5, 5.41) is 0.543. The Morgan fingerprint density at radius 2 is 1.65 bits per heavy atom. The van der Waals surface area contributed by atoms with E-state index in [9.17, 15) is 4.79 Å². The van der Waals surface area contributed by atoms with Gasteiger partial charge in [-0.3, -0.25) is 4.79 Å². The first-order valence-corrected chi connectivity index (χ1v) is 7.08. The van der Waals surface area contributed by atoms with Crippen LogP contribution in [0, 0.1) is 3.57 Å². The molecule has 2 rings (SSSR count). The van der Waals surface area contributed by atoms with Gasteiger partial charge < -0.3 is 0 Å². The summed E-state index contributed by atoms with van der Waals surface area (Å²) in [5.41, 5.74) is 1.27. The average Bonchev–Trinajstić information content (AvgIpc) is 2.33. The van der Waals surface area contributed by atoms with Crippen LogP contribution >= 0.6 is 50.1 Å². The molecule has 0 radical (unpaired) electrons. The number of hydrogen-bond donors (Lipinski definition) is 0. The van der Waals surface area contributed by atoms with Gasteiger partial charge in [0.15, 0.2) is 5.78 Å². The third kappa shape index (κ3) is 3.09. The van der Waals surface area contributed by atoms with Crippen molar-refractivity contribution < 1.29 is 4.79 Å². The van der Waals surface area contributed by atoms with E-state index >= 15 is 0 Å². The van der Waals surface area contributed by atoms with Crippen LogP contribution in [0.3, 0.4) is 0 Å². The van der Waals surface area contributed by atoms with E-state index in [1.165, 1.54) is 0 Å². The van der Waals surface area contributed by atoms with Crippen LogP contribution in [0.4, 0.5) is 0 Å². The first-order chi connectivity index (χ1) is 8.08. The van der Waals surface area contributed by atoms with E-state index < -0.39 is 0 Å². The SMILES string of the molecule is O=C(c1ccc(I)cc1)c1ccc(Br)c(Cl)c1. The fraction of sp³-hybridized carbons (Fsp3) is 0. The molecule has 0 saturated heterocycles. The van der Waals surface area contributed by atoms with Crippen molar-refractivity contribution >= 4 is 55.9 Å². The minimum absolute atomic E-state index is 0.0178. The largest absolute Gasteiger partial charge is 0.289 e. The Bertz CT molecular complexity index is 566. The lowest BCUT2D eigenvalue weighted by Gasteiger charge is -2.03. The van der Waals surface area contributed by atoms with Crippen molar-refractivity contribution in [2.24, 2.45) is 0 Å². The van der Waals surface area contributed by atoms with E-state index in [-0.39, 0.29) is 5.78 Å². The molecule has 17 heavy (non-hydrogen) atoms. The predicted octanol–water partition coefficient (Wildman–Crippen LogP) is 4.94. The topological polar surface area (TPSA) is 17.1 Å². The Morgan fingerprint density at radius 3 is 2.24 bits per heavy atom. The standard InChI is InChI=1S/C13H7BrClIO/c14-11-6-3-9(7-12(11)15)13(17)8-1-4-10(16)5-2-8/h1-7H. The second kappa shape index (κ2) is 5.50. The highest BCUT2D eigenvalue weighted by molar-refractivity contribution is 14.1. The minimum Gasteiger partial charge on any atom is -0.289 e. The van der Waals surface area contributed by atoms with Crippen LogP contribution in [0.5, 0.6) is 0 Å². The Kier molecular flexibility index (Phi) is 4.22. The zero-order chi connectivity index (χ0) is 12.4. The number of halogens is 3. The molecule has 0 heterocycles. The molecule has 0 bridgehead atoms. The summed E-state index contributed by atoms with van der Waals surface area (Å²) in [6.07, 6.45) is 0. The first kappa shape index (κ1) is 13.1. The van der Waals surface area contributed by atoms with Gasteiger partial charge in [0.2, 0.25) is 0 Å². The van der Waals surface area contributed by atoms with E-state index in [1.807, 2.05) is 24.3 Å². The molecule has 0 fully saturated rings. The number of ketones is 1. The summed E-state index contributed by atoms with van der Waals surface area (Å²) < 4.78 is 1.89. The lowest BCUT2D eigenvalue weighted by Crippen LogP contribution is -2.01. The second-order valence-electron chi connectivity index (χ2n) is 3.46. The Morgan fingerprint density at radius 1 is 1.06 bits per heavy atom. The normalized spacial score (nSPS) is 10.3. The van der Waals surface area contributed by atoms with Gasteiger partial charge in [-0.2, -0.15) is 0 Å². The summed E-state index contributed by atoms with van der Waals surface area (Å²) in [6, 6.07) is 12.7. The molecule has 2 aromatic rings. The van der Waals surface area contributed by atoms with Gasteiger partial charge in [-0.15, -0.1) is 0 Å². The van der Waals surface area contributed by atoms with Gasteiger partial charge in [-0.05, 0) is 81.0 Å². The molecule has 0 atom stereocenters. The summed E-state index contributed by atoms with van der Waals surface area (Å²) in [4.78, 5) is 12.1. The molecule has 0 N–H and O–H groups in total. The summed E-state index contributed by atoms with van der Waals surface area (Å²) in [7, 11) is 0. The van der Waals surface area contributed by atoms with Crippen molar-refractivity contribution in [1.82, 2.24) is 0 Å². The van der Waals surface area contributed by atoms with Crippen LogP contribution < -0.4 is 0 Å². The molecule has 0 aliphatic rings. The van der Waals surface area contributed by atoms with Crippen molar-refractivity contribution in [1.29, 1.82) is 0 Å². The molecule has 0 amide bonds. The van der Waals surface area contributed by atoms with E-state index in [4.69, 9.17) is 11.6 Å². The maximum Gasteiger partial charge on any atom is 0.193 e. The van der Waals surface area contributed by atoms with Gasteiger partial charge in [0.05, 0.1) is 5.02 Å². The first-order valence-electron chi connectivity index (χ1n) is 4.83. The smallest absolute Gasteiger partial charge is 0.193 e. The van der Waals surface area contributed by atoms with Crippen LogP contribution in [-0.4, -0.2) is 5.78 Å². The van der Waals surface area contributed by atoms with Crippen LogP contribution in [0.15, 0.2) is 46.9 Å². The third-order valence-electron chi connectivity index (χ3n) is 2.29. The average molecular weight is 421 g/mol. The van der Waals surface area contributed by atoms with Crippen LogP contribution in [0.2, 0.25) is 5.02 Å². The lowest BCUT2D eigenvalue weighted by molar-refractivity contribution is 0.103. The van der Waals surface area contributed by atoms with Crippen molar-refractivity contribution in [3.8, 4) is 0 Å². The Labute approximate surface area is 126 Å². The molecule has 2 aromatic carbocycles. The number of hydrogen-bond acceptors (Lipinski definition) is 1. The second-order valence-corrected chi connectivity index (χ2v) is 5.97. The summed E-state index contributed by atoms with van der Waals surface area (Å²) >= 11 is 11.5. The third-order valence-corrected chi connectivity index (χ3v) is 4.24. The van der Waals surface area contributed by atoms with E-state index in [0.29, 0.717) is 16.1 Å². The van der Waals surface area contributed by atoms with Gasteiger partial charge >= 0.3 is 0 Å². The molecule has 0 spiro atoms. The van der Waals surface area contributed by atoms with Gasteiger partial charge in [0.25, 0.3) is 0 Å². The van der Waals surface area contributed by atoms with Crippen LogP contribution in [-0.2, 0) is 0 Å². The fourth-order valence-electron chi connectivity index (χ4n) is 1.41. The molecule has 0 aliphatic heterocycles. The van der Waals surface area contributed by atoms with Gasteiger partial charge in [0, 0.05) is 19.2 Å². The number of carbonyl (C=O) groups is 1. The van der Waals surface area contributed by atoms with Crippen LogP contribution in [0.25, 0.3) is 0 Å². The van der Waals surface area contributed by atoms with Crippen LogP contribution in [0.1, 0.15) is 15.9 Å². The summed E-state index contributed by atoms with van der Waals surface area (Å²) in [5.74, 6) is -0.0178. The predicted molar refractivity (Wildman–Crippen MR) is 81.7 cm³/mol.